The Morgan fingerprint density at radius 1 is 1.00 bits per heavy atom. The van der Waals surface area contributed by atoms with Crippen LogP contribution in [-0.4, -0.2) is 18.0 Å². The first-order valence-electron chi connectivity index (χ1n) is 8.57. The molecule has 2 aromatic carbocycles. The van der Waals surface area contributed by atoms with Crippen molar-refractivity contribution in [3.05, 3.63) is 83.6 Å². The van der Waals surface area contributed by atoms with Gasteiger partial charge in [0.2, 0.25) is 0 Å². The van der Waals surface area contributed by atoms with Crippen molar-refractivity contribution in [3.8, 4) is 17.0 Å². The minimum Gasteiger partial charge on any atom is -0.496 e. The van der Waals surface area contributed by atoms with Crippen molar-refractivity contribution >= 4 is 5.91 Å². The number of carbonyl (C=O) groups is 1. The van der Waals surface area contributed by atoms with Crippen LogP contribution in [0.4, 0.5) is 0 Å². The molecule has 0 saturated carbocycles. The molecule has 1 N–H and O–H groups in total. The average molecular weight is 346 g/mol. The zero-order chi connectivity index (χ0) is 18.5. The smallest absolute Gasteiger partial charge is 0.253 e. The van der Waals surface area contributed by atoms with Crippen LogP contribution in [0.5, 0.6) is 5.75 Å². The third-order valence-corrected chi connectivity index (χ3v) is 4.35. The van der Waals surface area contributed by atoms with E-state index >= 15 is 0 Å². The molecule has 0 aliphatic rings. The van der Waals surface area contributed by atoms with E-state index in [0.717, 1.165) is 22.6 Å². The van der Waals surface area contributed by atoms with Crippen LogP contribution >= 0.6 is 0 Å². The van der Waals surface area contributed by atoms with Crippen molar-refractivity contribution in [3.63, 3.8) is 0 Å². The van der Waals surface area contributed by atoms with Gasteiger partial charge in [0.1, 0.15) is 5.75 Å². The summed E-state index contributed by atoms with van der Waals surface area (Å²) in [5, 5.41) is 3.03. The molecule has 0 aliphatic heterocycles. The van der Waals surface area contributed by atoms with Gasteiger partial charge in [-0.05, 0) is 32.0 Å². The Bertz CT molecular complexity index is 907. The molecule has 0 spiro atoms. The van der Waals surface area contributed by atoms with Gasteiger partial charge in [-0.2, -0.15) is 0 Å². The fourth-order valence-electron chi connectivity index (χ4n) is 2.95. The van der Waals surface area contributed by atoms with Gasteiger partial charge < -0.3 is 10.1 Å². The van der Waals surface area contributed by atoms with Crippen molar-refractivity contribution in [1.29, 1.82) is 0 Å². The van der Waals surface area contributed by atoms with E-state index in [-0.39, 0.29) is 11.9 Å². The van der Waals surface area contributed by atoms with E-state index in [4.69, 9.17) is 4.74 Å². The zero-order valence-corrected chi connectivity index (χ0v) is 15.2. The first kappa shape index (κ1) is 17.7. The molecule has 3 rings (SSSR count). The lowest BCUT2D eigenvalue weighted by molar-refractivity contribution is 0.0938. The number of carbonyl (C=O) groups excluding carboxylic acids is 1. The molecule has 26 heavy (non-hydrogen) atoms. The number of benzene rings is 2. The van der Waals surface area contributed by atoms with Gasteiger partial charge in [-0.3, -0.25) is 9.78 Å². The van der Waals surface area contributed by atoms with Gasteiger partial charge in [-0.15, -0.1) is 0 Å². The van der Waals surface area contributed by atoms with E-state index < -0.39 is 0 Å². The van der Waals surface area contributed by atoms with E-state index in [1.54, 1.807) is 7.11 Å². The largest absolute Gasteiger partial charge is 0.496 e. The summed E-state index contributed by atoms with van der Waals surface area (Å²) >= 11 is 0. The van der Waals surface area contributed by atoms with Gasteiger partial charge in [0.25, 0.3) is 5.91 Å². The Morgan fingerprint density at radius 3 is 2.38 bits per heavy atom. The number of pyridine rings is 1. The summed E-state index contributed by atoms with van der Waals surface area (Å²) in [6, 6.07) is 21.1. The van der Waals surface area contributed by atoms with Crippen molar-refractivity contribution in [1.82, 2.24) is 10.3 Å². The molecule has 1 aromatic heterocycles. The van der Waals surface area contributed by atoms with Crippen molar-refractivity contribution in [2.75, 3.05) is 7.11 Å². The van der Waals surface area contributed by atoms with Crippen LogP contribution in [-0.2, 0) is 0 Å². The van der Waals surface area contributed by atoms with E-state index in [1.165, 1.54) is 0 Å². The number of aromatic nitrogens is 1. The second-order valence-electron chi connectivity index (χ2n) is 6.13. The first-order valence-corrected chi connectivity index (χ1v) is 8.57. The molecule has 4 nitrogen and oxygen atoms in total. The monoisotopic (exact) mass is 346 g/mol. The summed E-state index contributed by atoms with van der Waals surface area (Å²) in [4.78, 5) is 17.3. The van der Waals surface area contributed by atoms with Crippen LogP contribution in [0.15, 0.2) is 66.7 Å². The number of amides is 1. The average Bonchev–Trinajstić information content (AvgIpc) is 2.68. The number of nitrogens with zero attached hydrogens (tertiary/aromatic N) is 1. The Kier molecular flexibility index (Phi) is 5.32. The quantitative estimate of drug-likeness (QED) is 0.737. The molecular formula is C22H22N2O2. The third kappa shape index (κ3) is 3.75. The standard InChI is InChI=1S/C22H22N2O2/c1-15(18-11-7-8-12-21(18)26-3)24-22(25)19-13-14-20(23-16(19)2)17-9-5-4-6-10-17/h4-15H,1-3H3,(H,24,25)/t15-/m1/s1. The molecule has 132 valence electrons. The molecule has 4 heteroatoms. The lowest BCUT2D eigenvalue weighted by atomic mass is 10.1. The minimum atomic E-state index is -0.174. The van der Waals surface area contributed by atoms with E-state index in [1.807, 2.05) is 80.6 Å². The van der Waals surface area contributed by atoms with Gasteiger partial charge in [0.05, 0.1) is 30.1 Å². The SMILES string of the molecule is COc1ccccc1[C@@H](C)NC(=O)c1ccc(-c2ccccc2)nc1C. The summed E-state index contributed by atoms with van der Waals surface area (Å²) in [5.41, 5.74) is 4.11. The number of nitrogens with one attached hydrogen (secondary N) is 1. The van der Waals surface area contributed by atoms with Crippen molar-refractivity contribution in [2.45, 2.75) is 19.9 Å². The van der Waals surface area contributed by atoms with Gasteiger partial charge in [0.15, 0.2) is 0 Å². The normalized spacial score (nSPS) is 11.7. The van der Waals surface area contributed by atoms with Crippen LogP contribution in [0.2, 0.25) is 0 Å². The van der Waals surface area contributed by atoms with E-state index in [0.29, 0.717) is 11.3 Å². The molecule has 0 fully saturated rings. The number of methoxy groups -OCH3 is 1. The van der Waals surface area contributed by atoms with E-state index in [2.05, 4.69) is 10.3 Å². The second kappa shape index (κ2) is 7.83. The number of para-hydroxylation sites is 1. The minimum absolute atomic E-state index is 0.145. The Morgan fingerprint density at radius 2 is 1.69 bits per heavy atom. The van der Waals surface area contributed by atoms with Gasteiger partial charge >= 0.3 is 0 Å². The highest BCUT2D eigenvalue weighted by molar-refractivity contribution is 5.95. The molecule has 0 radical (unpaired) electrons. The molecule has 1 atom stereocenters. The predicted octanol–water partition coefficient (Wildman–Crippen LogP) is 4.56. The first-order chi connectivity index (χ1) is 12.6. The fourth-order valence-corrected chi connectivity index (χ4v) is 2.95. The number of ether oxygens (including phenoxy) is 1. The maximum absolute atomic E-state index is 12.7. The molecule has 0 saturated heterocycles. The molecule has 0 bridgehead atoms. The molecule has 3 aromatic rings. The highest BCUT2D eigenvalue weighted by Crippen LogP contribution is 2.25. The third-order valence-electron chi connectivity index (χ3n) is 4.35. The molecule has 0 unspecified atom stereocenters. The summed E-state index contributed by atoms with van der Waals surface area (Å²) in [5.74, 6) is 0.614. The highest BCUT2D eigenvalue weighted by Gasteiger charge is 2.17. The molecule has 1 heterocycles. The number of rotatable bonds is 5. The van der Waals surface area contributed by atoms with Gasteiger partial charge in [-0.1, -0.05) is 48.5 Å². The number of aryl methyl sites for hydroxylation is 1. The number of hydrogen-bond acceptors (Lipinski definition) is 3. The van der Waals surface area contributed by atoms with Crippen molar-refractivity contribution < 1.29 is 9.53 Å². The summed E-state index contributed by atoms with van der Waals surface area (Å²) in [7, 11) is 1.63. The van der Waals surface area contributed by atoms with Crippen LogP contribution in [0.25, 0.3) is 11.3 Å². The van der Waals surface area contributed by atoms with Crippen LogP contribution < -0.4 is 10.1 Å². The van der Waals surface area contributed by atoms with Gasteiger partial charge in [0, 0.05) is 11.1 Å². The predicted molar refractivity (Wildman–Crippen MR) is 103 cm³/mol. The van der Waals surface area contributed by atoms with Gasteiger partial charge in [-0.25, -0.2) is 0 Å². The lowest BCUT2D eigenvalue weighted by Crippen LogP contribution is -2.27. The van der Waals surface area contributed by atoms with Crippen LogP contribution in [0.3, 0.4) is 0 Å². The van der Waals surface area contributed by atoms with E-state index in [9.17, 15) is 4.79 Å². The zero-order valence-electron chi connectivity index (χ0n) is 15.2. The molecule has 0 aliphatic carbocycles. The molecule has 1 amide bonds. The Hall–Kier alpha value is -3.14. The fraction of sp³-hybridized carbons (Fsp3) is 0.182. The molecular weight excluding hydrogens is 324 g/mol. The second-order valence-corrected chi connectivity index (χ2v) is 6.13. The van der Waals surface area contributed by atoms with Crippen LogP contribution in [0.1, 0.15) is 34.6 Å². The number of hydrogen-bond donors (Lipinski definition) is 1. The Balaban J connectivity index is 1.80. The lowest BCUT2D eigenvalue weighted by Gasteiger charge is -2.18. The highest BCUT2D eigenvalue weighted by atomic mass is 16.5. The Labute approximate surface area is 153 Å². The maximum Gasteiger partial charge on any atom is 0.253 e. The van der Waals surface area contributed by atoms with Crippen LogP contribution in [0, 0.1) is 6.92 Å². The summed E-state index contributed by atoms with van der Waals surface area (Å²) in [6.07, 6.45) is 0. The van der Waals surface area contributed by atoms with Crippen molar-refractivity contribution in [2.24, 2.45) is 0 Å². The topological polar surface area (TPSA) is 51.2 Å². The summed E-state index contributed by atoms with van der Waals surface area (Å²) < 4.78 is 5.38. The summed E-state index contributed by atoms with van der Waals surface area (Å²) in [6.45, 7) is 3.80. The maximum atomic E-state index is 12.7.